The summed E-state index contributed by atoms with van der Waals surface area (Å²) in [6, 6.07) is 2.09. The monoisotopic (exact) mass is 262 g/mol. The molecule has 2 amide bonds. The van der Waals surface area contributed by atoms with E-state index in [4.69, 9.17) is 4.42 Å². The molecule has 1 aliphatic heterocycles. The molecule has 1 atom stereocenters. The Bertz CT molecular complexity index is 465. The first-order chi connectivity index (χ1) is 9.22. The SMILES string of the molecule is O=C(CC1CCN(C(=O)c2ccoc2)C1)NC1CC1. The summed E-state index contributed by atoms with van der Waals surface area (Å²) in [6.45, 7) is 1.40. The summed E-state index contributed by atoms with van der Waals surface area (Å²) < 4.78 is 4.93. The van der Waals surface area contributed by atoms with Gasteiger partial charge >= 0.3 is 0 Å². The number of likely N-dealkylation sites (tertiary alicyclic amines) is 1. The largest absolute Gasteiger partial charge is 0.472 e. The van der Waals surface area contributed by atoms with Crippen molar-refractivity contribution < 1.29 is 14.0 Å². The van der Waals surface area contributed by atoms with E-state index in [-0.39, 0.29) is 17.7 Å². The van der Waals surface area contributed by atoms with Crippen LogP contribution in [0.5, 0.6) is 0 Å². The van der Waals surface area contributed by atoms with Crippen LogP contribution in [0.25, 0.3) is 0 Å². The average molecular weight is 262 g/mol. The zero-order valence-corrected chi connectivity index (χ0v) is 10.8. The molecule has 0 spiro atoms. The Hall–Kier alpha value is -1.78. The molecule has 1 aliphatic carbocycles. The second-order valence-corrected chi connectivity index (χ2v) is 5.46. The molecule has 1 unspecified atom stereocenters. The fourth-order valence-corrected chi connectivity index (χ4v) is 2.53. The fraction of sp³-hybridized carbons (Fsp3) is 0.571. The Kier molecular flexibility index (Phi) is 3.27. The highest BCUT2D eigenvalue weighted by molar-refractivity contribution is 5.94. The molecule has 2 aliphatic rings. The minimum Gasteiger partial charge on any atom is -0.472 e. The van der Waals surface area contributed by atoms with Gasteiger partial charge in [-0.2, -0.15) is 0 Å². The average Bonchev–Trinajstić information content (AvgIpc) is 2.90. The highest BCUT2D eigenvalue weighted by atomic mass is 16.3. The Morgan fingerprint density at radius 3 is 2.89 bits per heavy atom. The van der Waals surface area contributed by atoms with Crippen molar-refractivity contribution >= 4 is 11.8 Å². The van der Waals surface area contributed by atoms with E-state index in [1.807, 2.05) is 0 Å². The van der Waals surface area contributed by atoms with Gasteiger partial charge in [0.25, 0.3) is 5.91 Å². The Morgan fingerprint density at radius 1 is 1.37 bits per heavy atom. The van der Waals surface area contributed by atoms with Gasteiger partial charge in [-0.1, -0.05) is 0 Å². The molecular formula is C14H18N2O3. The number of carbonyl (C=O) groups is 2. The molecule has 19 heavy (non-hydrogen) atoms. The Balaban J connectivity index is 1.49. The van der Waals surface area contributed by atoms with Gasteiger partial charge in [-0.05, 0) is 31.2 Å². The van der Waals surface area contributed by atoms with Gasteiger partial charge in [-0.3, -0.25) is 9.59 Å². The van der Waals surface area contributed by atoms with Gasteiger partial charge in [0.05, 0.1) is 11.8 Å². The quantitative estimate of drug-likeness (QED) is 0.892. The minimum atomic E-state index is -0.00106. The molecule has 1 aromatic rings. The third-order valence-electron chi connectivity index (χ3n) is 3.76. The fourth-order valence-electron chi connectivity index (χ4n) is 2.53. The molecule has 1 N–H and O–H groups in total. The first-order valence-electron chi connectivity index (χ1n) is 6.83. The maximum atomic E-state index is 12.1. The van der Waals surface area contributed by atoms with Crippen molar-refractivity contribution in [1.29, 1.82) is 0 Å². The van der Waals surface area contributed by atoms with Crippen molar-refractivity contribution in [2.75, 3.05) is 13.1 Å². The topological polar surface area (TPSA) is 62.6 Å². The number of nitrogens with one attached hydrogen (secondary N) is 1. The van der Waals surface area contributed by atoms with Crippen LogP contribution in [0.3, 0.4) is 0 Å². The first-order valence-corrected chi connectivity index (χ1v) is 6.83. The van der Waals surface area contributed by atoms with Crippen LogP contribution in [0.15, 0.2) is 23.0 Å². The lowest BCUT2D eigenvalue weighted by molar-refractivity contribution is -0.122. The van der Waals surface area contributed by atoms with Gasteiger partial charge in [-0.25, -0.2) is 0 Å². The van der Waals surface area contributed by atoms with Gasteiger partial charge in [0.2, 0.25) is 5.91 Å². The Labute approximate surface area is 111 Å². The van der Waals surface area contributed by atoms with Crippen molar-refractivity contribution in [1.82, 2.24) is 10.2 Å². The number of carbonyl (C=O) groups excluding carboxylic acids is 2. The highest BCUT2D eigenvalue weighted by Crippen LogP contribution is 2.23. The predicted molar refractivity (Wildman–Crippen MR) is 68.5 cm³/mol. The normalized spacial score (nSPS) is 22.5. The van der Waals surface area contributed by atoms with Crippen LogP contribution in [0, 0.1) is 5.92 Å². The number of furan rings is 1. The molecule has 5 nitrogen and oxygen atoms in total. The number of nitrogens with zero attached hydrogens (tertiary/aromatic N) is 1. The van der Waals surface area contributed by atoms with Gasteiger partial charge in [-0.15, -0.1) is 0 Å². The van der Waals surface area contributed by atoms with Gasteiger partial charge in [0.1, 0.15) is 6.26 Å². The summed E-state index contributed by atoms with van der Waals surface area (Å²) in [5, 5.41) is 2.99. The molecule has 2 fully saturated rings. The van der Waals surface area contributed by atoms with Crippen LogP contribution >= 0.6 is 0 Å². The van der Waals surface area contributed by atoms with Crippen LogP contribution in [0.4, 0.5) is 0 Å². The number of hydrogen-bond donors (Lipinski definition) is 1. The third kappa shape index (κ3) is 2.97. The standard InChI is InChI=1S/C14H18N2O3/c17-13(15-12-1-2-12)7-10-3-5-16(8-10)14(18)11-4-6-19-9-11/h4,6,9-10,12H,1-3,5,7-8H2,(H,15,17). The minimum absolute atomic E-state index is 0.00106. The number of amides is 2. The molecule has 0 radical (unpaired) electrons. The lowest BCUT2D eigenvalue weighted by Gasteiger charge is -2.15. The second-order valence-electron chi connectivity index (χ2n) is 5.46. The van der Waals surface area contributed by atoms with E-state index >= 15 is 0 Å². The van der Waals surface area contributed by atoms with E-state index < -0.39 is 0 Å². The van der Waals surface area contributed by atoms with Crippen LogP contribution in [-0.2, 0) is 4.79 Å². The summed E-state index contributed by atoms with van der Waals surface area (Å²) in [5.74, 6) is 0.415. The van der Waals surface area contributed by atoms with Crippen LogP contribution in [-0.4, -0.2) is 35.8 Å². The van der Waals surface area contributed by atoms with Crippen molar-refractivity contribution in [3.05, 3.63) is 24.2 Å². The zero-order valence-electron chi connectivity index (χ0n) is 10.8. The smallest absolute Gasteiger partial charge is 0.257 e. The molecule has 0 bridgehead atoms. The van der Waals surface area contributed by atoms with Crippen LogP contribution in [0.1, 0.15) is 36.0 Å². The summed E-state index contributed by atoms with van der Waals surface area (Å²) in [7, 11) is 0. The maximum absolute atomic E-state index is 12.1. The lowest BCUT2D eigenvalue weighted by Crippen LogP contribution is -2.30. The van der Waals surface area contributed by atoms with E-state index in [1.54, 1.807) is 11.0 Å². The molecule has 0 aromatic carbocycles. The van der Waals surface area contributed by atoms with Gasteiger partial charge in [0, 0.05) is 25.6 Å². The van der Waals surface area contributed by atoms with Crippen molar-refractivity contribution in [2.24, 2.45) is 5.92 Å². The van der Waals surface area contributed by atoms with E-state index in [1.165, 1.54) is 12.5 Å². The van der Waals surface area contributed by atoms with E-state index in [0.29, 0.717) is 24.6 Å². The van der Waals surface area contributed by atoms with E-state index in [2.05, 4.69) is 5.32 Å². The lowest BCUT2D eigenvalue weighted by atomic mass is 10.0. The van der Waals surface area contributed by atoms with Crippen molar-refractivity contribution in [3.8, 4) is 0 Å². The predicted octanol–water partition coefficient (Wildman–Crippen LogP) is 1.41. The maximum Gasteiger partial charge on any atom is 0.257 e. The Morgan fingerprint density at radius 2 is 2.21 bits per heavy atom. The molecule has 1 saturated heterocycles. The van der Waals surface area contributed by atoms with E-state index in [9.17, 15) is 9.59 Å². The summed E-state index contributed by atoms with van der Waals surface area (Å²) in [5.41, 5.74) is 0.586. The molecule has 1 aromatic heterocycles. The number of rotatable bonds is 4. The first kappa shape index (κ1) is 12.3. The molecule has 5 heteroatoms. The number of hydrogen-bond acceptors (Lipinski definition) is 3. The van der Waals surface area contributed by atoms with Crippen LogP contribution < -0.4 is 5.32 Å². The summed E-state index contributed by atoms with van der Waals surface area (Å²) >= 11 is 0. The third-order valence-corrected chi connectivity index (χ3v) is 3.76. The van der Waals surface area contributed by atoms with Crippen molar-refractivity contribution in [3.63, 3.8) is 0 Å². The molecule has 3 rings (SSSR count). The molecular weight excluding hydrogens is 244 g/mol. The second kappa shape index (κ2) is 5.07. The van der Waals surface area contributed by atoms with E-state index in [0.717, 1.165) is 25.8 Å². The molecule has 1 saturated carbocycles. The van der Waals surface area contributed by atoms with Crippen LogP contribution in [0.2, 0.25) is 0 Å². The van der Waals surface area contributed by atoms with Gasteiger partial charge < -0.3 is 14.6 Å². The zero-order chi connectivity index (χ0) is 13.2. The summed E-state index contributed by atoms with van der Waals surface area (Å²) in [4.78, 5) is 25.6. The van der Waals surface area contributed by atoms with Gasteiger partial charge in [0.15, 0.2) is 0 Å². The highest BCUT2D eigenvalue weighted by Gasteiger charge is 2.30. The van der Waals surface area contributed by atoms with Crippen molar-refractivity contribution in [2.45, 2.75) is 31.7 Å². The summed E-state index contributed by atoms with van der Waals surface area (Å²) in [6.07, 6.45) is 6.63. The molecule has 102 valence electrons. The molecule has 2 heterocycles.